The first-order valence-electron chi connectivity index (χ1n) is 9.52. The quantitative estimate of drug-likeness (QED) is 0.425. The Morgan fingerprint density at radius 3 is 2.35 bits per heavy atom. The number of amides is 3. The zero-order valence-electron chi connectivity index (χ0n) is 16.9. The number of carbonyl (C=O) groups excluding carboxylic acids is 3. The topological polar surface area (TPSA) is 112 Å². The molecule has 0 atom stereocenters. The van der Waals surface area contributed by atoms with E-state index in [0.717, 1.165) is 11.3 Å². The predicted octanol–water partition coefficient (Wildman–Crippen LogP) is 2.17. The lowest BCUT2D eigenvalue weighted by Gasteiger charge is -2.07. The van der Waals surface area contributed by atoms with Crippen molar-refractivity contribution in [2.24, 2.45) is 0 Å². The van der Waals surface area contributed by atoms with Crippen LogP contribution in [-0.4, -0.2) is 54.6 Å². The minimum atomic E-state index is -0.750. The van der Waals surface area contributed by atoms with Crippen LogP contribution in [0.2, 0.25) is 0 Å². The SMILES string of the molecule is COCCNC(=O)NC(=O)COC(=O)c1cn(-c2ccccc2)nc1-c1ccccc1. The van der Waals surface area contributed by atoms with Crippen molar-refractivity contribution in [1.29, 1.82) is 0 Å². The van der Waals surface area contributed by atoms with Gasteiger partial charge in [-0.2, -0.15) is 5.10 Å². The molecule has 0 radical (unpaired) electrons. The molecule has 0 aliphatic heterocycles. The molecule has 2 aromatic carbocycles. The number of hydrogen-bond acceptors (Lipinski definition) is 6. The molecule has 0 fully saturated rings. The minimum Gasteiger partial charge on any atom is -0.452 e. The van der Waals surface area contributed by atoms with E-state index in [9.17, 15) is 14.4 Å². The molecule has 0 unspecified atom stereocenters. The van der Waals surface area contributed by atoms with E-state index in [2.05, 4.69) is 15.7 Å². The Balaban J connectivity index is 1.72. The number of para-hydroxylation sites is 1. The minimum absolute atomic E-state index is 0.201. The molecule has 2 N–H and O–H groups in total. The summed E-state index contributed by atoms with van der Waals surface area (Å²) in [5, 5.41) is 9.05. The van der Waals surface area contributed by atoms with Crippen LogP contribution >= 0.6 is 0 Å². The standard InChI is InChI=1S/C22H22N4O5/c1-30-13-12-23-22(29)24-19(27)15-31-21(28)18-14-26(17-10-6-3-7-11-17)25-20(18)16-8-4-2-5-9-16/h2-11,14H,12-13,15H2,1H3,(H2,23,24,27,29). The van der Waals surface area contributed by atoms with Crippen LogP contribution in [0.25, 0.3) is 16.9 Å². The van der Waals surface area contributed by atoms with E-state index in [1.54, 1.807) is 10.9 Å². The Labute approximate surface area is 179 Å². The van der Waals surface area contributed by atoms with Crippen LogP contribution in [-0.2, 0) is 14.3 Å². The smallest absolute Gasteiger partial charge is 0.342 e. The number of aromatic nitrogens is 2. The molecule has 0 spiro atoms. The monoisotopic (exact) mass is 422 g/mol. The molecule has 0 saturated heterocycles. The van der Waals surface area contributed by atoms with E-state index >= 15 is 0 Å². The third kappa shape index (κ3) is 6.00. The largest absolute Gasteiger partial charge is 0.452 e. The number of nitrogens with one attached hydrogen (secondary N) is 2. The fraction of sp³-hybridized carbons (Fsp3) is 0.182. The van der Waals surface area contributed by atoms with Crippen molar-refractivity contribution in [2.75, 3.05) is 26.9 Å². The number of imide groups is 1. The maximum absolute atomic E-state index is 12.7. The summed E-state index contributed by atoms with van der Waals surface area (Å²) in [6, 6.07) is 17.8. The molecule has 0 saturated carbocycles. The van der Waals surface area contributed by atoms with Crippen LogP contribution in [0.5, 0.6) is 0 Å². The van der Waals surface area contributed by atoms with Crippen molar-refractivity contribution in [3.05, 3.63) is 72.4 Å². The summed E-state index contributed by atoms with van der Waals surface area (Å²) in [5.41, 5.74) is 2.12. The molecule has 160 valence electrons. The van der Waals surface area contributed by atoms with Gasteiger partial charge in [0.1, 0.15) is 11.3 Å². The van der Waals surface area contributed by atoms with E-state index in [4.69, 9.17) is 9.47 Å². The van der Waals surface area contributed by atoms with Crippen molar-refractivity contribution in [3.63, 3.8) is 0 Å². The lowest BCUT2D eigenvalue weighted by molar-refractivity contribution is -0.123. The highest BCUT2D eigenvalue weighted by Crippen LogP contribution is 2.24. The maximum atomic E-state index is 12.7. The molecular weight excluding hydrogens is 400 g/mol. The number of benzene rings is 2. The van der Waals surface area contributed by atoms with Gasteiger partial charge in [-0.15, -0.1) is 0 Å². The van der Waals surface area contributed by atoms with E-state index in [1.165, 1.54) is 7.11 Å². The fourth-order valence-electron chi connectivity index (χ4n) is 2.73. The summed E-state index contributed by atoms with van der Waals surface area (Å²) >= 11 is 0. The van der Waals surface area contributed by atoms with Gasteiger partial charge in [0.15, 0.2) is 6.61 Å². The summed E-state index contributed by atoms with van der Waals surface area (Å²) in [7, 11) is 1.49. The van der Waals surface area contributed by atoms with E-state index in [1.807, 2.05) is 60.7 Å². The third-order valence-electron chi connectivity index (χ3n) is 4.18. The molecule has 1 heterocycles. The summed E-state index contributed by atoms with van der Waals surface area (Å²) < 4.78 is 11.5. The highest BCUT2D eigenvalue weighted by atomic mass is 16.5. The van der Waals surface area contributed by atoms with E-state index in [-0.39, 0.29) is 12.1 Å². The van der Waals surface area contributed by atoms with Crippen LogP contribution in [0, 0.1) is 0 Å². The first kappa shape index (κ1) is 21.7. The normalized spacial score (nSPS) is 10.4. The molecule has 31 heavy (non-hydrogen) atoms. The Morgan fingerprint density at radius 1 is 1.00 bits per heavy atom. The highest BCUT2D eigenvalue weighted by Gasteiger charge is 2.21. The average Bonchev–Trinajstić information content (AvgIpc) is 3.24. The molecule has 3 amide bonds. The van der Waals surface area contributed by atoms with Crippen LogP contribution < -0.4 is 10.6 Å². The van der Waals surface area contributed by atoms with Gasteiger partial charge in [0, 0.05) is 25.4 Å². The maximum Gasteiger partial charge on any atom is 0.342 e. The molecule has 9 heteroatoms. The van der Waals surface area contributed by atoms with Gasteiger partial charge in [0.2, 0.25) is 0 Å². The summed E-state index contributed by atoms with van der Waals surface area (Å²) in [6.07, 6.45) is 1.55. The first-order valence-corrected chi connectivity index (χ1v) is 9.52. The molecule has 3 aromatic rings. The lowest BCUT2D eigenvalue weighted by Crippen LogP contribution is -2.42. The van der Waals surface area contributed by atoms with Gasteiger partial charge in [0.05, 0.1) is 12.3 Å². The van der Waals surface area contributed by atoms with Gasteiger partial charge in [-0.05, 0) is 12.1 Å². The van der Waals surface area contributed by atoms with Gasteiger partial charge in [0.25, 0.3) is 5.91 Å². The van der Waals surface area contributed by atoms with Crippen molar-refractivity contribution in [2.45, 2.75) is 0 Å². The second kappa shape index (κ2) is 10.7. The molecule has 0 aliphatic carbocycles. The number of hydrogen-bond donors (Lipinski definition) is 2. The Bertz CT molecular complexity index is 1030. The third-order valence-corrected chi connectivity index (χ3v) is 4.18. The zero-order valence-corrected chi connectivity index (χ0v) is 16.9. The molecule has 0 bridgehead atoms. The molecule has 3 rings (SSSR count). The van der Waals surface area contributed by atoms with Crippen molar-refractivity contribution >= 4 is 17.9 Å². The van der Waals surface area contributed by atoms with E-state index in [0.29, 0.717) is 12.3 Å². The molecule has 9 nitrogen and oxygen atoms in total. The first-order chi connectivity index (χ1) is 15.1. The van der Waals surface area contributed by atoms with Crippen LogP contribution in [0.3, 0.4) is 0 Å². The van der Waals surface area contributed by atoms with Crippen LogP contribution in [0.15, 0.2) is 66.9 Å². The van der Waals surface area contributed by atoms with E-state index < -0.39 is 24.5 Å². The Kier molecular flexibility index (Phi) is 7.50. The Morgan fingerprint density at radius 2 is 1.68 bits per heavy atom. The van der Waals surface area contributed by atoms with Gasteiger partial charge in [-0.1, -0.05) is 48.5 Å². The predicted molar refractivity (Wildman–Crippen MR) is 113 cm³/mol. The van der Waals surface area contributed by atoms with Gasteiger partial charge in [-0.25, -0.2) is 14.3 Å². The number of nitrogens with zero attached hydrogens (tertiary/aromatic N) is 2. The average molecular weight is 422 g/mol. The molecular formula is C22H22N4O5. The number of methoxy groups -OCH3 is 1. The number of ether oxygens (including phenoxy) is 2. The fourth-order valence-corrected chi connectivity index (χ4v) is 2.73. The van der Waals surface area contributed by atoms with Crippen LogP contribution in [0.4, 0.5) is 4.79 Å². The summed E-state index contributed by atoms with van der Waals surface area (Å²) in [5.74, 6) is -1.48. The number of rotatable bonds is 8. The van der Waals surface area contributed by atoms with Crippen molar-refractivity contribution < 1.29 is 23.9 Å². The lowest BCUT2D eigenvalue weighted by atomic mass is 10.1. The highest BCUT2D eigenvalue weighted by molar-refractivity contribution is 5.99. The summed E-state index contributed by atoms with van der Waals surface area (Å²) in [6.45, 7) is -0.0555. The van der Waals surface area contributed by atoms with Gasteiger partial charge < -0.3 is 14.8 Å². The second-order valence-electron chi connectivity index (χ2n) is 6.41. The summed E-state index contributed by atoms with van der Waals surface area (Å²) in [4.78, 5) is 36.2. The number of esters is 1. The van der Waals surface area contributed by atoms with Crippen LogP contribution in [0.1, 0.15) is 10.4 Å². The zero-order chi connectivity index (χ0) is 22.1. The van der Waals surface area contributed by atoms with Gasteiger partial charge >= 0.3 is 12.0 Å². The van der Waals surface area contributed by atoms with Crippen molar-refractivity contribution in [3.8, 4) is 16.9 Å². The number of carbonyl (C=O) groups is 3. The van der Waals surface area contributed by atoms with Gasteiger partial charge in [-0.3, -0.25) is 10.1 Å². The Hall–Kier alpha value is -3.98. The number of urea groups is 1. The molecule has 1 aromatic heterocycles. The van der Waals surface area contributed by atoms with Crippen molar-refractivity contribution in [1.82, 2.24) is 20.4 Å². The molecule has 0 aliphatic rings. The second-order valence-corrected chi connectivity index (χ2v) is 6.41.